The molecular weight excluding hydrogens is 135 g/mol. The summed E-state index contributed by atoms with van der Waals surface area (Å²) in [5.74, 6) is 0.802. The van der Waals surface area contributed by atoms with E-state index >= 15 is 0 Å². The number of rotatable bonds is 0. The maximum atomic E-state index is 12.8. The molecule has 2 rings (SSSR count). The lowest BCUT2D eigenvalue weighted by molar-refractivity contribution is 0.597. The van der Waals surface area contributed by atoms with Crippen molar-refractivity contribution in [3.8, 4) is 0 Å². The van der Waals surface area contributed by atoms with E-state index in [0.29, 0.717) is 0 Å². The Balaban J connectivity index is 2.71. The van der Waals surface area contributed by atoms with Gasteiger partial charge in [0.1, 0.15) is 5.82 Å². The smallest absolute Gasteiger partial charge is 0.140 e. The molecule has 0 nitrogen and oxygen atoms in total. The minimum absolute atomic E-state index is 0.0116. The minimum Gasteiger partial charge on any atom is -0.205 e. The van der Waals surface area contributed by atoms with Gasteiger partial charge in [0, 0.05) is 10.6 Å². The first-order chi connectivity index (χ1) is 4.38. The van der Waals surface area contributed by atoms with Crippen LogP contribution in [0.15, 0.2) is 23.1 Å². The molecule has 0 spiro atoms. The first-order valence-corrected chi connectivity index (χ1v) is 3.76. The summed E-state index contributed by atoms with van der Waals surface area (Å²) in [6.07, 6.45) is 0. The normalized spacial score (nSPS) is 14.3. The summed E-state index contributed by atoms with van der Waals surface area (Å²) in [5, 5.41) is 0. The third-order valence-electron chi connectivity index (χ3n) is 1.43. The lowest BCUT2D eigenvalue weighted by Gasteiger charge is -1.88. The van der Waals surface area contributed by atoms with Crippen molar-refractivity contribution in [3.63, 3.8) is 0 Å². The molecule has 0 saturated carbocycles. The van der Waals surface area contributed by atoms with Gasteiger partial charge in [-0.05, 0) is 11.6 Å². The second-order valence-corrected chi connectivity index (χ2v) is 3.04. The van der Waals surface area contributed by atoms with Crippen LogP contribution in [0.25, 0.3) is 0 Å². The van der Waals surface area contributed by atoms with Crippen LogP contribution in [0.1, 0.15) is 5.56 Å². The van der Waals surface area contributed by atoms with Crippen LogP contribution in [0.4, 0.5) is 4.39 Å². The molecule has 0 fully saturated rings. The summed E-state index contributed by atoms with van der Waals surface area (Å²) in [7, 11) is 0. The van der Waals surface area contributed by atoms with Crippen LogP contribution in [-0.4, -0.2) is 0 Å². The first kappa shape index (κ1) is 5.30. The zero-order chi connectivity index (χ0) is 6.27. The van der Waals surface area contributed by atoms with Crippen molar-refractivity contribution in [2.24, 2.45) is 0 Å². The second-order valence-electron chi connectivity index (χ2n) is 2.02. The van der Waals surface area contributed by atoms with Gasteiger partial charge in [-0.1, -0.05) is 12.1 Å². The fraction of sp³-hybridized carbons (Fsp3) is 0.143. The molecule has 2 bridgehead atoms. The number of hydrogen-bond acceptors (Lipinski definition) is 1. The number of fused-ring (bicyclic) bond motifs is 2. The molecule has 1 aromatic rings. The largest absolute Gasteiger partial charge is 0.205 e. The molecule has 0 N–H and O–H groups in total. The Labute approximate surface area is 57.1 Å². The van der Waals surface area contributed by atoms with Crippen molar-refractivity contribution in [1.29, 1.82) is 0 Å². The average Bonchev–Trinajstić information content (AvgIpc) is 2.19. The highest BCUT2D eigenvalue weighted by Gasteiger charge is 2.14. The van der Waals surface area contributed by atoms with E-state index in [2.05, 4.69) is 0 Å². The van der Waals surface area contributed by atoms with E-state index in [1.165, 1.54) is 0 Å². The van der Waals surface area contributed by atoms with E-state index in [4.69, 9.17) is 0 Å². The average molecular weight is 140 g/mol. The lowest BCUT2D eigenvalue weighted by Crippen LogP contribution is -1.77. The highest BCUT2D eigenvalue weighted by atomic mass is 32.2. The molecular formula is C7H5FS. The quantitative estimate of drug-likeness (QED) is 0.533. The summed E-state index contributed by atoms with van der Waals surface area (Å²) < 4.78 is 12.8. The fourth-order valence-corrected chi connectivity index (χ4v) is 1.90. The lowest BCUT2D eigenvalue weighted by atomic mass is 10.2. The highest BCUT2D eigenvalue weighted by molar-refractivity contribution is 7.98. The van der Waals surface area contributed by atoms with Crippen molar-refractivity contribution in [3.05, 3.63) is 29.6 Å². The summed E-state index contributed by atoms with van der Waals surface area (Å²) in [6.45, 7) is 0. The molecule has 1 aliphatic heterocycles. The minimum atomic E-state index is -0.0116. The molecule has 9 heavy (non-hydrogen) atoms. The third kappa shape index (κ3) is 0.663. The molecule has 0 saturated heterocycles. The highest BCUT2D eigenvalue weighted by Crippen LogP contribution is 2.34. The zero-order valence-electron chi connectivity index (χ0n) is 4.73. The van der Waals surface area contributed by atoms with Gasteiger partial charge in [0.15, 0.2) is 0 Å². The SMILES string of the molecule is Fc1c2cccc1SC2. The van der Waals surface area contributed by atoms with E-state index in [9.17, 15) is 4.39 Å². The molecule has 0 unspecified atom stereocenters. The van der Waals surface area contributed by atoms with E-state index in [0.717, 1.165) is 16.2 Å². The molecule has 0 aromatic heterocycles. The summed E-state index contributed by atoms with van der Waals surface area (Å²) in [5.41, 5.74) is 0.845. The van der Waals surface area contributed by atoms with Gasteiger partial charge in [0.25, 0.3) is 0 Å². The van der Waals surface area contributed by atoms with Crippen LogP contribution in [0.5, 0.6) is 0 Å². The van der Waals surface area contributed by atoms with Crippen molar-refractivity contribution in [2.45, 2.75) is 10.6 Å². The molecule has 1 aromatic carbocycles. The molecule has 2 heteroatoms. The van der Waals surface area contributed by atoms with E-state index in [1.54, 1.807) is 11.8 Å². The van der Waals surface area contributed by atoms with Crippen molar-refractivity contribution in [2.75, 3.05) is 0 Å². The predicted molar refractivity (Wildman–Crippen MR) is 36.0 cm³/mol. The van der Waals surface area contributed by atoms with Gasteiger partial charge < -0.3 is 0 Å². The fourth-order valence-electron chi connectivity index (χ4n) is 0.935. The molecule has 46 valence electrons. The van der Waals surface area contributed by atoms with Crippen LogP contribution < -0.4 is 0 Å². The van der Waals surface area contributed by atoms with E-state index in [-0.39, 0.29) is 5.82 Å². The molecule has 1 aliphatic rings. The van der Waals surface area contributed by atoms with Crippen LogP contribution in [0, 0.1) is 5.82 Å². The number of thioether (sulfide) groups is 1. The van der Waals surface area contributed by atoms with Gasteiger partial charge in [-0.2, -0.15) is 0 Å². The van der Waals surface area contributed by atoms with Gasteiger partial charge in [-0.3, -0.25) is 0 Å². The Bertz CT molecular complexity index is 222. The summed E-state index contributed by atoms with van der Waals surface area (Å²) in [4.78, 5) is 0.799. The third-order valence-corrected chi connectivity index (χ3v) is 2.51. The van der Waals surface area contributed by atoms with Crippen molar-refractivity contribution < 1.29 is 4.39 Å². The van der Waals surface area contributed by atoms with Crippen LogP contribution >= 0.6 is 11.8 Å². The van der Waals surface area contributed by atoms with Gasteiger partial charge in [0.2, 0.25) is 0 Å². The van der Waals surface area contributed by atoms with Gasteiger partial charge in [-0.25, -0.2) is 4.39 Å². The Hall–Kier alpha value is -0.500. The zero-order valence-corrected chi connectivity index (χ0v) is 5.54. The number of benzene rings is 1. The standard InChI is InChI=1S/C7H5FS/c8-7-5-2-1-3-6(7)9-4-5/h1-3H,4H2. The first-order valence-electron chi connectivity index (χ1n) is 2.78. The Morgan fingerprint density at radius 1 is 1.44 bits per heavy atom. The Kier molecular flexibility index (Phi) is 1.02. The maximum Gasteiger partial charge on any atom is 0.140 e. The molecule has 0 radical (unpaired) electrons. The van der Waals surface area contributed by atoms with Crippen molar-refractivity contribution >= 4 is 11.8 Å². The summed E-state index contributed by atoms with van der Waals surface area (Å²) in [6, 6.07) is 5.54. The maximum absolute atomic E-state index is 12.8. The monoisotopic (exact) mass is 140 g/mol. The number of halogens is 1. The van der Waals surface area contributed by atoms with Gasteiger partial charge in [-0.15, -0.1) is 11.8 Å². The Morgan fingerprint density at radius 3 is 3.00 bits per heavy atom. The summed E-state index contributed by atoms with van der Waals surface area (Å²) >= 11 is 1.57. The predicted octanol–water partition coefficient (Wildman–Crippen LogP) is 2.43. The van der Waals surface area contributed by atoms with Crippen LogP contribution in [-0.2, 0) is 5.75 Å². The van der Waals surface area contributed by atoms with Crippen LogP contribution in [0.2, 0.25) is 0 Å². The number of hydrogen-bond donors (Lipinski definition) is 0. The molecule has 0 aliphatic carbocycles. The topological polar surface area (TPSA) is 0 Å². The van der Waals surface area contributed by atoms with Gasteiger partial charge >= 0.3 is 0 Å². The molecule has 1 heterocycles. The molecule has 0 atom stereocenters. The van der Waals surface area contributed by atoms with Crippen molar-refractivity contribution in [1.82, 2.24) is 0 Å². The Morgan fingerprint density at radius 2 is 2.33 bits per heavy atom. The second kappa shape index (κ2) is 1.74. The van der Waals surface area contributed by atoms with Gasteiger partial charge in [0.05, 0.1) is 0 Å². The molecule has 0 amide bonds. The van der Waals surface area contributed by atoms with E-state index in [1.807, 2.05) is 18.2 Å². The van der Waals surface area contributed by atoms with E-state index < -0.39 is 0 Å². The van der Waals surface area contributed by atoms with Crippen LogP contribution in [0.3, 0.4) is 0 Å².